The van der Waals surface area contributed by atoms with Gasteiger partial charge in [-0.25, -0.2) is 18.7 Å². The zero-order valence-corrected chi connectivity index (χ0v) is 15.9. The molecule has 5 heteroatoms. The van der Waals surface area contributed by atoms with Crippen LogP contribution in [0.5, 0.6) is 0 Å². The molecule has 1 atom stereocenters. The Bertz CT molecular complexity index is 956. The first-order valence-electron chi connectivity index (χ1n) is 9.65. The molecule has 0 bridgehead atoms. The first-order valence-corrected chi connectivity index (χ1v) is 9.65. The van der Waals surface area contributed by atoms with Gasteiger partial charge in [-0.3, -0.25) is 4.90 Å². The maximum Gasteiger partial charge on any atom is 0.127 e. The van der Waals surface area contributed by atoms with Crippen LogP contribution in [0.1, 0.15) is 35.8 Å². The van der Waals surface area contributed by atoms with Crippen LogP contribution in [0.25, 0.3) is 11.1 Å². The van der Waals surface area contributed by atoms with E-state index >= 15 is 0 Å². The molecular formula is C23H23F2N3. The van der Waals surface area contributed by atoms with Gasteiger partial charge < -0.3 is 0 Å². The molecule has 144 valence electrons. The smallest absolute Gasteiger partial charge is 0.127 e. The number of likely N-dealkylation sites (tertiary alicyclic amines) is 1. The molecular weight excluding hydrogens is 356 g/mol. The molecule has 1 fully saturated rings. The van der Waals surface area contributed by atoms with Crippen LogP contribution in [0, 0.1) is 18.6 Å². The lowest BCUT2D eigenvalue weighted by Gasteiger charge is -2.33. The van der Waals surface area contributed by atoms with E-state index in [0.29, 0.717) is 6.54 Å². The highest BCUT2D eigenvalue weighted by Gasteiger charge is 2.26. The fourth-order valence-electron chi connectivity index (χ4n) is 3.94. The van der Waals surface area contributed by atoms with Gasteiger partial charge in [0.25, 0.3) is 0 Å². The van der Waals surface area contributed by atoms with Crippen LogP contribution in [0.3, 0.4) is 0 Å². The molecule has 1 aromatic heterocycles. The van der Waals surface area contributed by atoms with Crippen LogP contribution in [0.15, 0.2) is 54.7 Å². The second kappa shape index (κ2) is 8.15. The van der Waals surface area contributed by atoms with E-state index in [4.69, 9.17) is 4.98 Å². The summed E-state index contributed by atoms with van der Waals surface area (Å²) in [5.41, 5.74) is 3.59. The number of aryl methyl sites for hydroxylation is 1. The Hall–Kier alpha value is -2.66. The van der Waals surface area contributed by atoms with Crippen LogP contribution in [-0.2, 0) is 6.54 Å². The number of halogens is 2. The number of nitrogens with zero attached hydrogens (tertiary/aromatic N) is 3. The van der Waals surface area contributed by atoms with Crippen molar-refractivity contribution >= 4 is 0 Å². The normalized spacial score (nSPS) is 17.6. The summed E-state index contributed by atoms with van der Waals surface area (Å²) in [5, 5.41) is 0. The third-order valence-corrected chi connectivity index (χ3v) is 5.34. The number of hydrogen-bond acceptors (Lipinski definition) is 3. The maximum absolute atomic E-state index is 14.1. The van der Waals surface area contributed by atoms with E-state index in [2.05, 4.69) is 9.88 Å². The molecule has 1 aliphatic rings. The van der Waals surface area contributed by atoms with Gasteiger partial charge in [0.05, 0.1) is 5.69 Å². The first-order chi connectivity index (χ1) is 13.6. The second-order valence-electron chi connectivity index (χ2n) is 7.39. The van der Waals surface area contributed by atoms with E-state index < -0.39 is 0 Å². The fourth-order valence-corrected chi connectivity index (χ4v) is 3.94. The molecule has 3 aromatic rings. The highest BCUT2D eigenvalue weighted by Crippen LogP contribution is 2.33. The molecule has 4 rings (SSSR count). The third-order valence-electron chi connectivity index (χ3n) is 5.34. The van der Waals surface area contributed by atoms with Crippen molar-refractivity contribution < 1.29 is 8.78 Å². The van der Waals surface area contributed by atoms with E-state index in [1.807, 2.05) is 25.3 Å². The molecule has 1 saturated heterocycles. The Balaban J connectivity index is 1.60. The molecule has 2 heterocycles. The lowest BCUT2D eigenvalue weighted by atomic mass is 9.89. The van der Waals surface area contributed by atoms with Gasteiger partial charge in [-0.05, 0) is 50.1 Å². The molecule has 0 unspecified atom stereocenters. The predicted octanol–water partition coefficient (Wildman–Crippen LogP) is 5.11. The van der Waals surface area contributed by atoms with Crippen LogP contribution < -0.4 is 0 Å². The van der Waals surface area contributed by atoms with Gasteiger partial charge in [0.2, 0.25) is 0 Å². The van der Waals surface area contributed by atoms with Crippen LogP contribution in [0.2, 0.25) is 0 Å². The summed E-state index contributed by atoms with van der Waals surface area (Å²) >= 11 is 0. The average molecular weight is 379 g/mol. The minimum atomic E-state index is -0.257. The fraction of sp³-hybridized carbons (Fsp3) is 0.304. The lowest BCUT2D eigenvalue weighted by molar-refractivity contribution is 0.196. The van der Waals surface area contributed by atoms with Gasteiger partial charge in [0, 0.05) is 36.3 Å². The van der Waals surface area contributed by atoms with Crippen molar-refractivity contribution in [3.8, 4) is 11.1 Å². The Morgan fingerprint density at radius 2 is 1.86 bits per heavy atom. The maximum atomic E-state index is 14.1. The molecule has 1 aliphatic heterocycles. The summed E-state index contributed by atoms with van der Waals surface area (Å²) in [7, 11) is 0. The summed E-state index contributed by atoms with van der Waals surface area (Å²) < 4.78 is 27.4. The summed E-state index contributed by atoms with van der Waals surface area (Å²) in [6, 6.07) is 13.4. The molecule has 2 aromatic carbocycles. The number of hydrogen-bond donors (Lipinski definition) is 0. The van der Waals surface area contributed by atoms with Crippen molar-refractivity contribution in [1.82, 2.24) is 14.9 Å². The zero-order valence-electron chi connectivity index (χ0n) is 15.9. The molecule has 0 N–H and O–H groups in total. The second-order valence-corrected chi connectivity index (χ2v) is 7.39. The molecule has 0 saturated carbocycles. The highest BCUT2D eigenvalue weighted by atomic mass is 19.1. The topological polar surface area (TPSA) is 29.0 Å². The van der Waals surface area contributed by atoms with Gasteiger partial charge in [0.15, 0.2) is 0 Å². The van der Waals surface area contributed by atoms with E-state index in [1.54, 1.807) is 18.2 Å². The quantitative estimate of drug-likeness (QED) is 0.631. The van der Waals surface area contributed by atoms with Crippen LogP contribution in [0.4, 0.5) is 8.78 Å². The van der Waals surface area contributed by atoms with Gasteiger partial charge in [-0.2, -0.15) is 0 Å². The minimum absolute atomic E-state index is 0.158. The Labute approximate surface area is 164 Å². The number of aromatic nitrogens is 2. The third kappa shape index (κ3) is 4.09. The molecule has 0 radical (unpaired) electrons. The Kier molecular flexibility index (Phi) is 5.44. The summed E-state index contributed by atoms with van der Waals surface area (Å²) in [5.74, 6) is 0.552. The van der Waals surface area contributed by atoms with Crippen molar-refractivity contribution in [2.24, 2.45) is 0 Å². The predicted molar refractivity (Wildman–Crippen MR) is 106 cm³/mol. The summed E-state index contributed by atoms with van der Waals surface area (Å²) in [4.78, 5) is 11.4. The van der Waals surface area contributed by atoms with Crippen molar-refractivity contribution in [2.75, 3.05) is 13.1 Å². The van der Waals surface area contributed by atoms with Gasteiger partial charge in [-0.1, -0.05) is 30.3 Å². The summed E-state index contributed by atoms with van der Waals surface area (Å²) in [6.07, 6.45) is 3.89. The van der Waals surface area contributed by atoms with Gasteiger partial charge in [0.1, 0.15) is 17.5 Å². The van der Waals surface area contributed by atoms with Crippen LogP contribution >= 0.6 is 0 Å². The average Bonchev–Trinajstić information content (AvgIpc) is 2.71. The standard InChI is InChI=1S/C23H23F2N3/c1-16-26-13-21(17-8-10-20(24)11-9-17)23(27-16)19-6-4-12-28(15-19)14-18-5-2-3-7-22(18)25/h2-3,5,7-11,13,19H,4,6,12,14-15H2,1H3/t19-/m0/s1. The van der Waals surface area contributed by atoms with Gasteiger partial charge >= 0.3 is 0 Å². The molecule has 3 nitrogen and oxygen atoms in total. The number of piperidine rings is 1. The molecule has 28 heavy (non-hydrogen) atoms. The monoisotopic (exact) mass is 379 g/mol. The van der Waals surface area contributed by atoms with E-state index in [1.165, 1.54) is 18.2 Å². The highest BCUT2D eigenvalue weighted by molar-refractivity contribution is 5.65. The van der Waals surface area contributed by atoms with Crippen molar-refractivity contribution in [1.29, 1.82) is 0 Å². The van der Waals surface area contributed by atoms with Crippen LogP contribution in [-0.4, -0.2) is 28.0 Å². The minimum Gasteiger partial charge on any atom is -0.298 e. The van der Waals surface area contributed by atoms with E-state index in [9.17, 15) is 8.78 Å². The molecule has 0 spiro atoms. The SMILES string of the molecule is Cc1ncc(-c2ccc(F)cc2)c([C@H]2CCCN(Cc3ccccc3F)C2)n1. The first kappa shape index (κ1) is 18.7. The molecule has 0 amide bonds. The summed E-state index contributed by atoms with van der Waals surface area (Å²) in [6.45, 7) is 4.25. The van der Waals surface area contributed by atoms with Crippen molar-refractivity contribution in [3.63, 3.8) is 0 Å². The number of rotatable bonds is 4. The van der Waals surface area contributed by atoms with E-state index in [0.717, 1.165) is 54.1 Å². The van der Waals surface area contributed by atoms with Gasteiger partial charge in [-0.15, -0.1) is 0 Å². The van der Waals surface area contributed by atoms with Crippen molar-refractivity contribution in [2.45, 2.75) is 32.2 Å². The lowest BCUT2D eigenvalue weighted by Crippen LogP contribution is -2.34. The zero-order chi connectivity index (χ0) is 19.5. The largest absolute Gasteiger partial charge is 0.298 e. The Morgan fingerprint density at radius 1 is 1.07 bits per heavy atom. The number of benzene rings is 2. The Morgan fingerprint density at radius 3 is 2.64 bits per heavy atom. The molecule has 0 aliphatic carbocycles. The van der Waals surface area contributed by atoms with E-state index in [-0.39, 0.29) is 17.6 Å². The van der Waals surface area contributed by atoms with Crippen molar-refractivity contribution in [3.05, 3.63) is 83.4 Å².